The molecule has 3 heterocycles. The lowest BCUT2D eigenvalue weighted by Gasteiger charge is -2.23. The molecule has 0 saturated carbocycles. The Morgan fingerprint density at radius 3 is 3.00 bits per heavy atom. The van der Waals surface area contributed by atoms with Crippen LogP contribution >= 0.6 is 0 Å². The molecule has 0 unspecified atom stereocenters. The molecule has 1 aliphatic carbocycles. The zero-order valence-electron chi connectivity index (χ0n) is 11.9. The minimum atomic E-state index is 0.0642. The summed E-state index contributed by atoms with van der Waals surface area (Å²) in [7, 11) is 0. The third-order valence-electron chi connectivity index (χ3n) is 5.02. The number of carbonyl (C=O) groups excluding carboxylic acids is 1. The number of rotatable bonds is 1. The van der Waals surface area contributed by atoms with Gasteiger partial charge in [0.25, 0.3) is 0 Å². The van der Waals surface area contributed by atoms with Crippen LogP contribution in [0.25, 0.3) is 0 Å². The number of fused-ring (bicyclic) bond motifs is 2. The van der Waals surface area contributed by atoms with Gasteiger partial charge in [-0.3, -0.25) is 4.79 Å². The van der Waals surface area contributed by atoms with E-state index in [0.717, 1.165) is 37.4 Å². The molecule has 2 atom stereocenters. The highest BCUT2D eigenvalue weighted by molar-refractivity contribution is 5.83. The fourth-order valence-corrected chi connectivity index (χ4v) is 3.86. The fraction of sp³-hybridized carbons (Fsp3) is 0.562. The van der Waals surface area contributed by atoms with E-state index in [1.807, 2.05) is 6.07 Å². The van der Waals surface area contributed by atoms with Gasteiger partial charge < -0.3 is 10.2 Å². The van der Waals surface area contributed by atoms with E-state index in [9.17, 15) is 10.1 Å². The number of nitrogens with zero attached hydrogens (tertiary/aromatic N) is 3. The Balaban J connectivity index is 1.69. The molecule has 2 fully saturated rings. The summed E-state index contributed by atoms with van der Waals surface area (Å²) in [5.41, 5.74) is 3.05. The lowest BCUT2D eigenvalue weighted by molar-refractivity contribution is -0.122. The van der Waals surface area contributed by atoms with Crippen molar-refractivity contribution < 1.29 is 4.79 Å². The Bertz CT molecular complexity index is 648. The van der Waals surface area contributed by atoms with Gasteiger partial charge in [0.1, 0.15) is 11.9 Å². The second-order valence-corrected chi connectivity index (χ2v) is 6.30. The van der Waals surface area contributed by atoms with E-state index in [0.29, 0.717) is 18.0 Å². The third kappa shape index (κ3) is 1.98. The number of amides is 1. The van der Waals surface area contributed by atoms with Gasteiger partial charge in [0, 0.05) is 31.2 Å². The highest BCUT2D eigenvalue weighted by Gasteiger charge is 2.43. The van der Waals surface area contributed by atoms with Crippen molar-refractivity contribution in [2.24, 2.45) is 11.8 Å². The number of nitriles is 1. The average Bonchev–Trinajstić information content (AvgIpc) is 3.08. The van der Waals surface area contributed by atoms with Crippen LogP contribution in [0.4, 0.5) is 5.82 Å². The molecule has 0 spiro atoms. The SMILES string of the molecule is N#Cc1cc2c(nc1N1C[C@@H]3CNC(=O)[C@@H]3C1)CCCC2. The smallest absolute Gasteiger partial charge is 0.225 e. The number of hydrogen-bond acceptors (Lipinski definition) is 4. The molecule has 0 bridgehead atoms. The van der Waals surface area contributed by atoms with Crippen LogP contribution in [0, 0.1) is 23.2 Å². The minimum Gasteiger partial charge on any atom is -0.355 e. The van der Waals surface area contributed by atoms with Gasteiger partial charge in [-0.25, -0.2) is 4.98 Å². The Kier molecular flexibility index (Phi) is 2.85. The summed E-state index contributed by atoms with van der Waals surface area (Å²) in [4.78, 5) is 18.7. The van der Waals surface area contributed by atoms with Crippen LogP contribution in [0.15, 0.2) is 6.07 Å². The largest absolute Gasteiger partial charge is 0.355 e. The van der Waals surface area contributed by atoms with E-state index < -0.39 is 0 Å². The van der Waals surface area contributed by atoms with E-state index >= 15 is 0 Å². The van der Waals surface area contributed by atoms with Crippen LogP contribution in [0.1, 0.15) is 29.7 Å². The number of carbonyl (C=O) groups is 1. The number of anilines is 1. The van der Waals surface area contributed by atoms with Crippen molar-refractivity contribution in [2.75, 3.05) is 24.5 Å². The standard InChI is InChI=1S/C16H18N4O/c17-6-11-5-10-3-1-2-4-14(10)19-15(11)20-8-12-7-18-16(21)13(12)9-20/h5,12-13H,1-4,7-9H2,(H,18,21)/t12-,13+/m0/s1. The zero-order valence-corrected chi connectivity index (χ0v) is 11.9. The Labute approximate surface area is 124 Å². The molecule has 1 N–H and O–H groups in total. The van der Waals surface area contributed by atoms with Crippen molar-refractivity contribution >= 4 is 11.7 Å². The van der Waals surface area contributed by atoms with Crippen molar-refractivity contribution in [3.05, 3.63) is 22.9 Å². The Morgan fingerprint density at radius 1 is 1.33 bits per heavy atom. The first-order chi connectivity index (χ1) is 10.3. The molecule has 0 aromatic carbocycles. The molecule has 3 aliphatic rings. The predicted molar refractivity (Wildman–Crippen MR) is 77.8 cm³/mol. The molecule has 5 nitrogen and oxygen atoms in total. The first-order valence-electron chi connectivity index (χ1n) is 7.72. The average molecular weight is 282 g/mol. The molecule has 1 amide bonds. The van der Waals surface area contributed by atoms with E-state index in [1.165, 1.54) is 18.4 Å². The summed E-state index contributed by atoms with van der Waals surface area (Å²) in [6.45, 7) is 2.27. The summed E-state index contributed by atoms with van der Waals surface area (Å²) in [6.07, 6.45) is 4.41. The van der Waals surface area contributed by atoms with E-state index in [1.54, 1.807) is 0 Å². The quantitative estimate of drug-likeness (QED) is 0.835. The molecule has 0 radical (unpaired) electrons. The molecule has 2 aliphatic heterocycles. The van der Waals surface area contributed by atoms with Gasteiger partial charge in [-0.15, -0.1) is 0 Å². The van der Waals surface area contributed by atoms with Crippen LogP contribution < -0.4 is 10.2 Å². The van der Waals surface area contributed by atoms with Gasteiger partial charge in [-0.05, 0) is 37.3 Å². The number of hydrogen-bond donors (Lipinski definition) is 1. The maximum absolute atomic E-state index is 11.8. The van der Waals surface area contributed by atoms with Crippen LogP contribution in [0.5, 0.6) is 0 Å². The van der Waals surface area contributed by atoms with Gasteiger partial charge in [0.2, 0.25) is 5.91 Å². The first kappa shape index (κ1) is 12.6. The first-order valence-corrected chi connectivity index (χ1v) is 7.72. The molecule has 1 aromatic rings. The van der Waals surface area contributed by atoms with Gasteiger partial charge in [0.15, 0.2) is 0 Å². The highest BCUT2D eigenvalue weighted by Crippen LogP contribution is 2.33. The van der Waals surface area contributed by atoms with Gasteiger partial charge in [0.05, 0.1) is 11.5 Å². The molecule has 5 heteroatoms. The summed E-state index contributed by atoms with van der Waals surface area (Å²) in [5.74, 6) is 1.37. The van der Waals surface area contributed by atoms with Crippen molar-refractivity contribution in [3.63, 3.8) is 0 Å². The topological polar surface area (TPSA) is 69.0 Å². The monoisotopic (exact) mass is 282 g/mol. The number of aromatic nitrogens is 1. The van der Waals surface area contributed by atoms with E-state index in [-0.39, 0.29) is 11.8 Å². The maximum Gasteiger partial charge on any atom is 0.225 e. The Hall–Kier alpha value is -2.09. The summed E-state index contributed by atoms with van der Waals surface area (Å²) in [5, 5.41) is 12.4. The predicted octanol–water partition coefficient (Wildman–Crippen LogP) is 1.01. The van der Waals surface area contributed by atoms with Gasteiger partial charge in [-0.2, -0.15) is 5.26 Å². The maximum atomic E-state index is 11.8. The van der Waals surface area contributed by atoms with Crippen molar-refractivity contribution in [2.45, 2.75) is 25.7 Å². The van der Waals surface area contributed by atoms with Gasteiger partial charge in [-0.1, -0.05) is 0 Å². The number of aryl methyl sites for hydroxylation is 2. The molecule has 21 heavy (non-hydrogen) atoms. The molecular weight excluding hydrogens is 264 g/mol. The molecule has 1 aromatic heterocycles. The zero-order chi connectivity index (χ0) is 14.4. The normalized spacial score (nSPS) is 27.0. The molecular formula is C16H18N4O. The summed E-state index contributed by atoms with van der Waals surface area (Å²) in [6, 6.07) is 4.31. The highest BCUT2D eigenvalue weighted by atomic mass is 16.2. The summed E-state index contributed by atoms with van der Waals surface area (Å²) < 4.78 is 0. The minimum absolute atomic E-state index is 0.0642. The molecule has 108 valence electrons. The Morgan fingerprint density at radius 2 is 2.19 bits per heavy atom. The van der Waals surface area contributed by atoms with Crippen molar-refractivity contribution in [1.29, 1.82) is 5.26 Å². The third-order valence-corrected chi connectivity index (χ3v) is 5.02. The van der Waals surface area contributed by atoms with Gasteiger partial charge >= 0.3 is 0 Å². The second-order valence-electron chi connectivity index (χ2n) is 6.30. The lowest BCUT2D eigenvalue weighted by Crippen LogP contribution is -2.30. The van der Waals surface area contributed by atoms with Crippen LogP contribution in [-0.4, -0.2) is 30.5 Å². The molecule has 2 saturated heterocycles. The fourth-order valence-electron chi connectivity index (χ4n) is 3.86. The molecule has 4 rings (SSSR count). The van der Waals surface area contributed by atoms with E-state index in [4.69, 9.17) is 4.98 Å². The van der Waals surface area contributed by atoms with Crippen LogP contribution in [0.2, 0.25) is 0 Å². The number of nitrogens with one attached hydrogen (secondary N) is 1. The van der Waals surface area contributed by atoms with Crippen molar-refractivity contribution in [3.8, 4) is 6.07 Å². The second kappa shape index (κ2) is 4.73. The number of pyridine rings is 1. The van der Waals surface area contributed by atoms with E-state index in [2.05, 4.69) is 16.3 Å². The van der Waals surface area contributed by atoms with Crippen LogP contribution in [-0.2, 0) is 17.6 Å². The van der Waals surface area contributed by atoms with Crippen molar-refractivity contribution in [1.82, 2.24) is 10.3 Å². The lowest BCUT2D eigenvalue weighted by atomic mass is 9.95. The summed E-state index contributed by atoms with van der Waals surface area (Å²) >= 11 is 0. The van der Waals surface area contributed by atoms with Crippen LogP contribution in [0.3, 0.4) is 0 Å².